The fourth-order valence-electron chi connectivity index (χ4n) is 2.61. The number of rotatable bonds is 3. The lowest BCUT2D eigenvalue weighted by Crippen LogP contribution is -2.46. The molecule has 0 radical (unpaired) electrons. The second-order valence-electron chi connectivity index (χ2n) is 5.81. The largest absolute Gasteiger partial charge is 0.471 e. The monoisotopic (exact) mass is 357 g/mol. The van der Waals surface area contributed by atoms with Crippen molar-refractivity contribution in [2.45, 2.75) is 25.9 Å². The third-order valence-corrected chi connectivity index (χ3v) is 3.87. The fraction of sp³-hybridized carbons (Fsp3) is 0.438. The quantitative estimate of drug-likeness (QED) is 0.872. The van der Waals surface area contributed by atoms with Gasteiger partial charge >= 0.3 is 12.1 Å². The summed E-state index contributed by atoms with van der Waals surface area (Å²) < 4.78 is 37.2. The van der Waals surface area contributed by atoms with Crippen LogP contribution in [-0.2, 0) is 14.4 Å². The van der Waals surface area contributed by atoms with Crippen molar-refractivity contribution < 1.29 is 27.6 Å². The number of carbonyl (C=O) groups excluding carboxylic acids is 3. The average molecular weight is 357 g/mol. The smallest absolute Gasteiger partial charge is 0.335 e. The standard InChI is InChI=1S/C16H18F3N3O3/c1-10(23)20-12-2-4-13(5-3-12)21-14(24)11-6-8-22(9-7-11)15(25)16(17,18)19/h2-5,11H,6-9H2,1H3,(H,20,23)(H,21,24). The molecule has 0 aliphatic carbocycles. The fourth-order valence-corrected chi connectivity index (χ4v) is 2.61. The summed E-state index contributed by atoms with van der Waals surface area (Å²) in [5.74, 6) is -2.82. The van der Waals surface area contributed by atoms with E-state index < -0.39 is 18.0 Å². The number of piperidine rings is 1. The van der Waals surface area contributed by atoms with E-state index in [1.54, 1.807) is 24.3 Å². The number of hydrogen-bond donors (Lipinski definition) is 2. The number of carbonyl (C=O) groups is 3. The molecule has 1 heterocycles. The molecule has 0 saturated carbocycles. The van der Waals surface area contributed by atoms with Crippen LogP contribution in [0.5, 0.6) is 0 Å². The van der Waals surface area contributed by atoms with Crippen LogP contribution in [-0.4, -0.2) is 41.9 Å². The van der Waals surface area contributed by atoms with Gasteiger partial charge in [-0.2, -0.15) is 13.2 Å². The van der Waals surface area contributed by atoms with Gasteiger partial charge in [0.05, 0.1) is 0 Å². The Morgan fingerprint density at radius 2 is 1.48 bits per heavy atom. The molecule has 2 N–H and O–H groups in total. The van der Waals surface area contributed by atoms with Crippen LogP contribution >= 0.6 is 0 Å². The molecule has 136 valence electrons. The van der Waals surface area contributed by atoms with E-state index in [9.17, 15) is 27.6 Å². The molecule has 0 unspecified atom stereocenters. The molecule has 0 atom stereocenters. The number of nitrogens with zero attached hydrogens (tertiary/aromatic N) is 1. The summed E-state index contributed by atoms with van der Waals surface area (Å²) in [5, 5.41) is 5.28. The average Bonchev–Trinajstić information content (AvgIpc) is 2.55. The van der Waals surface area contributed by atoms with Crippen LogP contribution in [0.15, 0.2) is 24.3 Å². The second-order valence-corrected chi connectivity index (χ2v) is 5.81. The minimum atomic E-state index is -4.88. The highest BCUT2D eigenvalue weighted by molar-refractivity contribution is 5.93. The Bertz CT molecular complexity index is 651. The predicted octanol–water partition coefficient (Wildman–Crippen LogP) is 2.38. The van der Waals surface area contributed by atoms with Gasteiger partial charge in [-0.25, -0.2) is 0 Å². The van der Waals surface area contributed by atoms with Crippen molar-refractivity contribution in [1.29, 1.82) is 0 Å². The molecule has 6 nitrogen and oxygen atoms in total. The zero-order chi connectivity index (χ0) is 18.6. The van der Waals surface area contributed by atoms with Gasteiger partial charge in [-0.1, -0.05) is 0 Å². The summed E-state index contributed by atoms with van der Waals surface area (Å²) in [6.07, 6.45) is -4.53. The van der Waals surface area contributed by atoms with Gasteiger partial charge in [-0.15, -0.1) is 0 Å². The van der Waals surface area contributed by atoms with Crippen molar-refractivity contribution in [2.24, 2.45) is 5.92 Å². The number of nitrogens with one attached hydrogen (secondary N) is 2. The first-order valence-corrected chi connectivity index (χ1v) is 7.71. The van der Waals surface area contributed by atoms with Gasteiger partial charge in [0.1, 0.15) is 0 Å². The van der Waals surface area contributed by atoms with E-state index in [4.69, 9.17) is 0 Å². The minimum Gasteiger partial charge on any atom is -0.335 e. The van der Waals surface area contributed by atoms with Crippen LogP contribution in [0, 0.1) is 5.92 Å². The molecule has 25 heavy (non-hydrogen) atoms. The second kappa shape index (κ2) is 7.54. The van der Waals surface area contributed by atoms with Gasteiger partial charge in [0.25, 0.3) is 0 Å². The molecule has 0 spiro atoms. The first-order valence-electron chi connectivity index (χ1n) is 7.71. The van der Waals surface area contributed by atoms with Crippen molar-refractivity contribution in [3.05, 3.63) is 24.3 Å². The lowest BCUT2D eigenvalue weighted by molar-refractivity contribution is -0.186. The molecule has 1 saturated heterocycles. The zero-order valence-electron chi connectivity index (χ0n) is 13.5. The molecular weight excluding hydrogens is 339 g/mol. The number of anilines is 2. The maximum atomic E-state index is 12.4. The molecule has 0 bridgehead atoms. The van der Waals surface area contributed by atoms with Crippen molar-refractivity contribution in [2.75, 3.05) is 23.7 Å². The zero-order valence-corrected chi connectivity index (χ0v) is 13.5. The summed E-state index contributed by atoms with van der Waals surface area (Å²) in [6, 6.07) is 6.49. The number of amides is 3. The van der Waals surface area contributed by atoms with E-state index in [-0.39, 0.29) is 37.7 Å². The van der Waals surface area contributed by atoms with Gasteiger partial charge in [0.15, 0.2) is 0 Å². The van der Waals surface area contributed by atoms with Crippen LogP contribution in [0.3, 0.4) is 0 Å². The highest BCUT2D eigenvalue weighted by Gasteiger charge is 2.43. The Hall–Kier alpha value is -2.58. The normalized spacial score (nSPS) is 15.6. The molecule has 3 amide bonds. The van der Waals surface area contributed by atoms with Crippen molar-refractivity contribution in [3.63, 3.8) is 0 Å². The van der Waals surface area contributed by atoms with Crippen molar-refractivity contribution in [3.8, 4) is 0 Å². The van der Waals surface area contributed by atoms with Gasteiger partial charge in [0, 0.05) is 37.3 Å². The lowest BCUT2D eigenvalue weighted by atomic mass is 9.95. The number of likely N-dealkylation sites (tertiary alicyclic amines) is 1. The van der Waals surface area contributed by atoms with Crippen LogP contribution < -0.4 is 10.6 Å². The highest BCUT2D eigenvalue weighted by atomic mass is 19.4. The van der Waals surface area contributed by atoms with Gasteiger partial charge in [-0.3, -0.25) is 14.4 Å². The summed E-state index contributed by atoms with van der Waals surface area (Å²) in [5.41, 5.74) is 1.11. The topological polar surface area (TPSA) is 78.5 Å². The third kappa shape index (κ3) is 5.20. The Labute approximate surface area is 142 Å². The lowest BCUT2D eigenvalue weighted by Gasteiger charge is -2.31. The summed E-state index contributed by atoms with van der Waals surface area (Å²) in [6.45, 7) is 1.18. The molecule has 1 aromatic carbocycles. The Balaban J connectivity index is 1.86. The van der Waals surface area contributed by atoms with Crippen LogP contribution in [0.1, 0.15) is 19.8 Å². The molecule has 1 aliphatic heterocycles. The number of alkyl halides is 3. The molecule has 0 aromatic heterocycles. The Kier molecular flexibility index (Phi) is 5.66. The first kappa shape index (κ1) is 18.8. The molecule has 1 aliphatic rings. The van der Waals surface area contributed by atoms with E-state index in [2.05, 4.69) is 10.6 Å². The molecule has 1 fully saturated rings. The van der Waals surface area contributed by atoms with E-state index in [1.807, 2.05) is 0 Å². The maximum Gasteiger partial charge on any atom is 0.471 e. The minimum absolute atomic E-state index is 0.0993. The third-order valence-electron chi connectivity index (χ3n) is 3.87. The van der Waals surface area contributed by atoms with Crippen LogP contribution in [0.25, 0.3) is 0 Å². The Morgan fingerprint density at radius 1 is 1.00 bits per heavy atom. The number of halogens is 3. The summed E-state index contributed by atoms with van der Waals surface area (Å²) in [7, 11) is 0. The van der Waals surface area contributed by atoms with Gasteiger partial charge in [0.2, 0.25) is 11.8 Å². The Morgan fingerprint density at radius 3 is 1.92 bits per heavy atom. The predicted molar refractivity (Wildman–Crippen MR) is 84.7 cm³/mol. The summed E-state index contributed by atoms with van der Waals surface area (Å²) in [4.78, 5) is 35.0. The maximum absolute atomic E-state index is 12.4. The number of hydrogen-bond acceptors (Lipinski definition) is 3. The number of benzene rings is 1. The first-order chi connectivity index (χ1) is 11.7. The van der Waals surface area contributed by atoms with E-state index in [0.717, 1.165) is 4.90 Å². The van der Waals surface area contributed by atoms with Gasteiger partial charge < -0.3 is 15.5 Å². The van der Waals surface area contributed by atoms with Gasteiger partial charge in [-0.05, 0) is 37.1 Å². The molecule has 1 aromatic rings. The van der Waals surface area contributed by atoms with E-state index in [0.29, 0.717) is 11.4 Å². The molecular formula is C16H18F3N3O3. The van der Waals surface area contributed by atoms with E-state index in [1.165, 1.54) is 6.92 Å². The van der Waals surface area contributed by atoms with Crippen LogP contribution in [0.2, 0.25) is 0 Å². The molecule has 2 rings (SSSR count). The summed E-state index contributed by atoms with van der Waals surface area (Å²) >= 11 is 0. The van der Waals surface area contributed by atoms with E-state index >= 15 is 0 Å². The SMILES string of the molecule is CC(=O)Nc1ccc(NC(=O)C2CCN(C(=O)C(F)(F)F)CC2)cc1. The van der Waals surface area contributed by atoms with Crippen LogP contribution in [0.4, 0.5) is 24.5 Å². The highest BCUT2D eigenvalue weighted by Crippen LogP contribution is 2.25. The van der Waals surface area contributed by atoms with Crippen molar-refractivity contribution >= 4 is 29.1 Å². The van der Waals surface area contributed by atoms with Crippen molar-refractivity contribution in [1.82, 2.24) is 4.90 Å². The molecule has 9 heteroatoms.